The molecule has 2 heteroatoms. The molecular weight excluding hydrogens is 210 g/mol. The third-order valence-electron chi connectivity index (χ3n) is 2.70. The molecule has 0 saturated carbocycles. The average Bonchev–Trinajstić information content (AvgIpc) is 2.30. The van der Waals surface area contributed by atoms with Crippen molar-refractivity contribution in [2.24, 2.45) is 0 Å². The van der Waals surface area contributed by atoms with Crippen LogP contribution in [0.3, 0.4) is 0 Å². The summed E-state index contributed by atoms with van der Waals surface area (Å²) in [6.45, 7) is 10.5. The third-order valence-corrected chi connectivity index (χ3v) is 2.70. The van der Waals surface area contributed by atoms with E-state index in [1.54, 1.807) is 0 Å². The summed E-state index contributed by atoms with van der Waals surface area (Å²) in [7, 11) is 0. The fourth-order valence-corrected chi connectivity index (χ4v) is 1.71. The Kier molecular flexibility index (Phi) is 5.49. The molecule has 1 N–H and O–H groups in total. The molecule has 96 valence electrons. The van der Waals surface area contributed by atoms with Crippen LogP contribution in [-0.4, -0.2) is 18.7 Å². The summed E-state index contributed by atoms with van der Waals surface area (Å²) in [4.78, 5) is 0. The molecule has 1 rings (SSSR count). The first-order chi connectivity index (χ1) is 8.07. The maximum absolute atomic E-state index is 5.99. The van der Waals surface area contributed by atoms with Gasteiger partial charge >= 0.3 is 0 Å². The number of ether oxygens (including phenoxy) is 1. The summed E-state index contributed by atoms with van der Waals surface area (Å²) in [5, 5.41) is 3.39. The van der Waals surface area contributed by atoms with Crippen LogP contribution in [-0.2, 0) is 6.42 Å². The van der Waals surface area contributed by atoms with E-state index >= 15 is 0 Å². The summed E-state index contributed by atoms with van der Waals surface area (Å²) in [6.07, 6.45) is 2.23. The Morgan fingerprint density at radius 1 is 1.12 bits per heavy atom. The van der Waals surface area contributed by atoms with Gasteiger partial charge in [0.1, 0.15) is 11.4 Å². The van der Waals surface area contributed by atoms with Gasteiger partial charge in [0.05, 0.1) is 0 Å². The van der Waals surface area contributed by atoms with Crippen LogP contribution in [0.4, 0.5) is 0 Å². The van der Waals surface area contributed by atoms with Crippen molar-refractivity contribution in [3.8, 4) is 5.75 Å². The standard InChI is InChI=1S/C15H25NO/c1-5-11-16-12-15(3,4)17-14-9-7-13(6-2)8-10-14/h7-10,16H,5-6,11-12H2,1-4H3. The maximum atomic E-state index is 5.99. The Balaban J connectivity index is 2.50. The van der Waals surface area contributed by atoms with E-state index in [0.717, 1.165) is 31.7 Å². The molecule has 0 radical (unpaired) electrons. The first kappa shape index (κ1) is 14.0. The van der Waals surface area contributed by atoms with E-state index in [9.17, 15) is 0 Å². The van der Waals surface area contributed by atoms with Crippen LogP contribution in [0.1, 0.15) is 39.7 Å². The fourth-order valence-electron chi connectivity index (χ4n) is 1.71. The molecule has 0 heterocycles. The van der Waals surface area contributed by atoms with Gasteiger partial charge in [0.2, 0.25) is 0 Å². The second kappa shape index (κ2) is 6.65. The van der Waals surface area contributed by atoms with Crippen LogP contribution in [0, 0.1) is 0 Å². The second-order valence-corrected chi connectivity index (χ2v) is 5.04. The molecular formula is C15H25NO. The number of nitrogens with one attached hydrogen (secondary N) is 1. The van der Waals surface area contributed by atoms with Gasteiger partial charge in [-0.05, 0) is 50.9 Å². The lowest BCUT2D eigenvalue weighted by atomic mass is 10.1. The molecule has 0 atom stereocenters. The van der Waals surface area contributed by atoms with Gasteiger partial charge < -0.3 is 10.1 Å². The number of rotatable bonds is 7. The molecule has 2 nitrogen and oxygen atoms in total. The van der Waals surface area contributed by atoms with Crippen molar-refractivity contribution in [1.82, 2.24) is 5.32 Å². The van der Waals surface area contributed by atoms with E-state index in [1.165, 1.54) is 5.56 Å². The zero-order valence-corrected chi connectivity index (χ0v) is 11.5. The highest BCUT2D eigenvalue weighted by atomic mass is 16.5. The predicted octanol–water partition coefficient (Wildman–Crippen LogP) is 3.41. The second-order valence-electron chi connectivity index (χ2n) is 5.04. The van der Waals surface area contributed by atoms with Crippen LogP contribution in [0.25, 0.3) is 0 Å². The van der Waals surface area contributed by atoms with Crippen molar-refractivity contribution < 1.29 is 4.74 Å². The average molecular weight is 235 g/mol. The number of hydrogen-bond acceptors (Lipinski definition) is 2. The van der Waals surface area contributed by atoms with Gasteiger partial charge in [0, 0.05) is 6.54 Å². The van der Waals surface area contributed by atoms with E-state index < -0.39 is 0 Å². The van der Waals surface area contributed by atoms with E-state index in [0.29, 0.717) is 0 Å². The first-order valence-corrected chi connectivity index (χ1v) is 6.56. The lowest BCUT2D eigenvalue weighted by molar-refractivity contribution is 0.108. The summed E-state index contributed by atoms with van der Waals surface area (Å²) in [5.74, 6) is 0.950. The highest BCUT2D eigenvalue weighted by Gasteiger charge is 2.18. The highest BCUT2D eigenvalue weighted by Crippen LogP contribution is 2.18. The zero-order chi connectivity index (χ0) is 12.7. The molecule has 0 fully saturated rings. The molecule has 0 saturated heterocycles. The molecule has 0 aromatic heterocycles. The molecule has 0 bridgehead atoms. The van der Waals surface area contributed by atoms with E-state index in [-0.39, 0.29) is 5.60 Å². The first-order valence-electron chi connectivity index (χ1n) is 6.56. The van der Waals surface area contributed by atoms with Crippen molar-refractivity contribution >= 4 is 0 Å². The minimum absolute atomic E-state index is 0.164. The number of hydrogen-bond donors (Lipinski definition) is 1. The van der Waals surface area contributed by atoms with E-state index in [2.05, 4.69) is 57.3 Å². The molecule has 0 aliphatic heterocycles. The normalized spacial score (nSPS) is 11.5. The monoisotopic (exact) mass is 235 g/mol. The molecule has 0 amide bonds. The fraction of sp³-hybridized carbons (Fsp3) is 0.600. The van der Waals surface area contributed by atoms with Crippen molar-refractivity contribution in [2.45, 2.75) is 46.1 Å². The molecule has 0 unspecified atom stereocenters. The van der Waals surface area contributed by atoms with Gasteiger partial charge in [-0.2, -0.15) is 0 Å². The zero-order valence-electron chi connectivity index (χ0n) is 11.5. The van der Waals surface area contributed by atoms with Crippen molar-refractivity contribution in [3.05, 3.63) is 29.8 Å². The number of benzene rings is 1. The van der Waals surface area contributed by atoms with Gasteiger partial charge in [-0.1, -0.05) is 26.0 Å². The summed E-state index contributed by atoms with van der Waals surface area (Å²) in [5.41, 5.74) is 1.18. The maximum Gasteiger partial charge on any atom is 0.120 e. The Hall–Kier alpha value is -1.02. The summed E-state index contributed by atoms with van der Waals surface area (Å²) in [6, 6.07) is 8.37. The predicted molar refractivity (Wildman–Crippen MR) is 73.7 cm³/mol. The molecule has 1 aromatic rings. The molecule has 1 aromatic carbocycles. The minimum Gasteiger partial charge on any atom is -0.487 e. The van der Waals surface area contributed by atoms with E-state index in [1.807, 2.05) is 0 Å². The van der Waals surface area contributed by atoms with Crippen LogP contribution in [0.2, 0.25) is 0 Å². The van der Waals surface area contributed by atoms with Crippen LogP contribution >= 0.6 is 0 Å². The minimum atomic E-state index is -0.164. The van der Waals surface area contributed by atoms with Crippen molar-refractivity contribution in [2.75, 3.05) is 13.1 Å². The lowest BCUT2D eigenvalue weighted by Gasteiger charge is -2.27. The quantitative estimate of drug-likeness (QED) is 0.731. The van der Waals surface area contributed by atoms with E-state index in [4.69, 9.17) is 4.74 Å². The Labute approximate surface area is 105 Å². The smallest absolute Gasteiger partial charge is 0.120 e. The van der Waals surface area contributed by atoms with Gasteiger partial charge in [-0.15, -0.1) is 0 Å². The SMILES string of the molecule is CCCNCC(C)(C)Oc1ccc(CC)cc1. The molecule has 17 heavy (non-hydrogen) atoms. The van der Waals surface area contributed by atoms with Crippen molar-refractivity contribution in [3.63, 3.8) is 0 Å². The van der Waals surface area contributed by atoms with Gasteiger partial charge in [-0.25, -0.2) is 0 Å². The van der Waals surface area contributed by atoms with Crippen LogP contribution < -0.4 is 10.1 Å². The van der Waals surface area contributed by atoms with Gasteiger partial charge in [0.15, 0.2) is 0 Å². The van der Waals surface area contributed by atoms with Gasteiger partial charge in [0.25, 0.3) is 0 Å². The van der Waals surface area contributed by atoms with Gasteiger partial charge in [-0.3, -0.25) is 0 Å². The topological polar surface area (TPSA) is 21.3 Å². The molecule has 0 spiro atoms. The lowest BCUT2D eigenvalue weighted by Crippen LogP contribution is -2.40. The Bertz CT molecular complexity index is 316. The van der Waals surface area contributed by atoms with Crippen LogP contribution in [0.15, 0.2) is 24.3 Å². The largest absolute Gasteiger partial charge is 0.487 e. The Morgan fingerprint density at radius 3 is 2.29 bits per heavy atom. The Morgan fingerprint density at radius 2 is 1.76 bits per heavy atom. The van der Waals surface area contributed by atoms with Crippen molar-refractivity contribution in [1.29, 1.82) is 0 Å². The highest BCUT2D eigenvalue weighted by molar-refractivity contribution is 5.27. The van der Waals surface area contributed by atoms with Crippen LogP contribution in [0.5, 0.6) is 5.75 Å². The molecule has 0 aliphatic carbocycles. The summed E-state index contributed by atoms with van der Waals surface area (Å²) < 4.78 is 5.99. The summed E-state index contributed by atoms with van der Waals surface area (Å²) >= 11 is 0. The molecule has 0 aliphatic rings. The third kappa shape index (κ3) is 5.22. The number of aryl methyl sites for hydroxylation is 1.